The summed E-state index contributed by atoms with van der Waals surface area (Å²) >= 11 is 0. The summed E-state index contributed by atoms with van der Waals surface area (Å²) < 4.78 is 0. The summed E-state index contributed by atoms with van der Waals surface area (Å²) in [5.41, 5.74) is 4.77. The molecule has 2 unspecified atom stereocenters. The first-order valence-electron chi connectivity index (χ1n) is 7.86. The first-order valence-corrected chi connectivity index (χ1v) is 7.86. The Labute approximate surface area is 132 Å². The van der Waals surface area contributed by atoms with E-state index in [1.807, 2.05) is 26.2 Å². The molecule has 0 amide bonds. The highest BCUT2D eigenvalue weighted by Gasteiger charge is 2.27. The van der Waals surface area contributed by atoms with Gasteiger partial charge in [0.1, 0.15) is 0 Å². The molecule has 3 nitrogen and oxygen atoms in total. The summed E-state index contributed by atoms with van der Waals surface area (Å²) in [5, 5.41) is 10.6. The summed E-state index contributed by atoms with van der Waals surface area (Å²) in [7, 11) is 4.04. The standard InChI is InChI=1S/C19H24N2O/c1-14-12-16-6-4-5-7-18(16)21(14)13-19(22)15-8-10-17(11-9-15)20(2)3/h4-11,14,19,22H,12-13H2,1-3H3. The minimum absolute atomic E-state index is 0.438. The number of hydrogen-bond donors (Lipinski definition) is 1. The molecule has 1 N–H and O–H groups in total. The molecule has 0 spiro atoms. The Kier molecular flexibility index (Phi) is 4.08. The fraction of sp³-hybridized carbons (Fsp3) is 0.368. The minimum Gasteiger partial charge on any atom is -0.387 e. The molecular weight excluding hydrogens is 272 g/mol. The third-order valence-corrected chi connectivity index (χ3v) is 4.51. The minimum atomic E-state index is -0.468. The van der Waals surface area contributed by atoms with E-state index in [2.05, 4.69) is 53.1 Å². The fourth-order valence-corrected chi connectivity index (χ4v) is 3.19. The zero-order valence-electron chi connectivity index (χ0n) is 13.5. The summed E-state index contributed by atoms with van der Waals surface area (Å²) in [6.45, 7) is 2.86. The van der Waals surface area contributed by atoms with Crippen LogP contribution in [-0.2, 0) is 6.42 Å². The van der Waals surface area contributed by atoms with Gasteiger partial charge < -0.3 is 14.9 Å². The molecule has 1 aliphatic heterocycles. The maximum atomic E-state index is 10.6. The number of nitrogens with zero attached hydrogens (tertiary/aromatic N) is 2. The van der Waals surface area contributed by atoms with Crippen LogP contribution in [0.1, 0.15) is 24.2 Å². The number of β-amino-alcohol motifs (C(OH)–C–C–N with tert-alkyl or cyclic N) is 1. The van der Waals surface area contributed by atoms with Crippen molar-refractivity contribution in [3.8, 4) is 0 Å². The highest BCUT2D eigenvalue weighted by Crippen LogP contribution is 2.33. The van der Waals surface area contributed by atoms with Gasteiger partial charge in [-0.25, -0.2) is 0 Å². The van der Waals surface area contributed by atoms with Crippen LogP contribution in [0.3, 0.4) is 0 Å². The number of fused-ring (bicyclic) bond motifs is 1. The van der Waals surface area contributed by atoms with E-state index >= 15 is 0 Å². The highest BCUT2D eigenvalue weighted by molar-refractivity contribution is 5.59. The molecule has 0 aliphatic carbocycles. The van der Waals surface area contributed by atoms with E-state index < -0.39 is 6.10 Å². The quantitative estimate of drug-likeness (QED) is 0.938. The van der Waals surface area contributed by atoms with Crippen molar-refractivity contribution in [2.75, 3.05) is 30.4 Å². The van der Waals surface area contributed by atoms with Gasteiger partial charge in [-0.15, -0.1) is 0 Å². The van der Waals surface area contributed by atoms with Gasteiger partial charge in [0.05, 0.1) is 6.10 Å². The molecule has 0 aromatic heterocycles. The predicted octanol–water partition coefficient (Wildman–Crippen LogP) is 3.24. The van der Waals surface area contributed by atoms with Crippen LogP contribution in [0.25, 0.3) is 0 Å². The molecule has 1 aliphatic rings. The summed E-state index contributed by atoms with van der Waals surface area (Å²) in [5.74, 6) is 0. The van der Waals surface area contributed by atoms with Crippen molar-refractivity contribution in [1.82, 2.24) is 0 Å². The van der Waals surface area contributed by atoms with Gasteiger partial charge in [-0.2, -0.15) is 0 Å². The van der Waals surface area contributed by atoms with Gasteiger partial charge >= 0.3 is 0 Å². The Morgan fingerprint density at radius 1 is 1.14 bits per heavy atom. The van der Waals surface area contributed by atoms with Gasteiger partial charge in [-0.05, 0) is 42.7 Å². The number of benzene rings is 2. The van der Waals surface area contributed by atoms with E-state index in [1.165, 1.54) is 11.3 Å². The molecule has 0 saturated carbocycles. The largest absolute Gasteiger partial charge is 0.387 e. The van der Waals surface area contributed by atoms with Gasteiger partial charge in [0.2, 0.25) is 0 Å². The van der Waals surface area contributed by atoms with Crippen LogP contribution in [0.15, 0.2) is 48.5 Å². The second kappa shape index (κ2) is 6.01. The van der Waals surface area contributed by atoms with Crippen molar-refractivity contribution in [1.29, 1.82) is 0 Å². The molecule has 0 bridgehead atoms. The van der Waals surface area contributed by atoms with E-state index in [1.54, 1.807) is 0 Å². The third kappa shape index (κ3) is 2.81. The average Bonchev–Trinajstić information content (AvgIpc) is 2.83. The van der Waals surface area contributed by atoms with E-state index in [9.17, 15) is 5.11 Å². The van der Waals surface area contributed by atoms with Gasteiger partial charge in [0.25, 0.3) is 0 Å². The Bertz CT molecular complexity index is 636. The molecule has 0 fully saturated rings. The lowest BCUT2D eigenvalue weighted by Crippen LogP contribution is -2.33. The number of rotatable bonds is 4. The van der Waals surface area contributed by atoms with Crippen molar-refractivity contribution in [2.45, 2.75) is 25.5 Å². The van der Waals surface area contributed by atoms with Crippen molar-refractivity contribution >= 4 is 11.4 Å². The normalized spacial score (nSPS) is 18.2. The molecule has 2 aromatic carbocycles. The zero-order chi connectivity index (χ0) is 15.7. The maximum absolute atomic E-state index is 10.6. The Balaban J connectivity index is 1.75. The van der Waals surface area contributed by atoms with Crippen molar-refractivity contribution in [3.05, 3.63) is 59.7 Å². The Hall–Kier alpha value is -2.00. The van der Waals surface area contributed by atoms with E-state index in [-0.39, 0.29) is 0 Å². The van der Waals surface area contributed by atoms with Gasteiger partial charge in [0, 0.05) is 38.1 Å². The van der Waals surface area contributed by atoms with Crippen LogP contribution in [0.4, 0.5) is 11.4 Å². The lowest BCUT2D eigenvalue weighted by Gasteiger charge is -2.28. The molecule has 22 heavy (non-hydrogen) atoms. The van der Waals surface area contributed by atoms with Gasteiger partial charge in [0.15, 0.2) is 0 Å². The number of aliphatic hydroxyl groups excluding tert-OH is 1. The van der Waals surface area contributed by atoms with Crippen LogP contribution in [0, 0.1) is 0 Å². The molecule has 0 radical (unpaired) electrons. The Morgan fingerprint density at radius 3 is 2.50 bits per heavy atom. The monoisotopic (exact) mass is 296 g/mol. The molecular formula is C19H24N2O. The number of hydrogen-bond acceptors (Lipinski definition) is 3. The van der Waals surface area contributed by atoms with E-state index in [4.69, 9.17) is 0 Å². The number of aliphatic hydroxyl groups is 1. The van der Waals surface area contributed by atoms with Crippen LogP contribution in [-0.4, -0.2) is 31.8 Å². The second-order valence-electron chi connectivity index (χ2n) is 6.34. The molecule has 0 saturated heterocycles. The second-order valence-corrected chi connectivity index (χ2v) is 6.34. The van der Waals surface area contributed by atoms with Crippen LogP contribution >= 0.6 is 0 Å². The average molecular weight is 296 g/mol. The lowest BCUT2D eigenvalue weighted by molar-refractivity contribution is 0.181. The van der Waals surface area contributed by atoms with Crippen molar-refractivity contribution in [3.63, 3.8) is 0 Å². The smallest absolute Gasteiger partial charge is 0.0964 e. The maximum Gasteiger partial charge on any atom is 0.0964 e. The zero-order valence-corrected chi connectivity index (χ0v) is 13.5. The number of para-hydroxylation sites is 1. The van der Waals surface area contributed by atoms with Gasteiger partial charge in [-0.1, -0.05) is 30.3 Å². The van der Waals surface area contributed by atoms with E-state index in [0.717, 1.165) is 17.7 Å². The number of anilines is 2. The topological polar surface area (TPSA) is 26.7 Å². The SMILES string of the molecule is CC1Cc2ccccc2N1CC(O)c1ccc(N(C)C)cc1. The fourth-order valence-electron chi connectivity index (χ4n) is 3.19. The van der Waals surface area contributed by atoms with E-state index in [0.29, 0.717) is 12.6 Å². The third-order valence-electron chi connectivity index (χ3n) is 4.51. The first-order chi connectivity index (χ1) is 10.6. The molecule has 116 valence electrons. The predicted molar refractivity (Wildman–Crippen MR) is 92.7 cm³/mol. The van der Waals surface area contributed by atoms with Crippen molar-refractivity contribution in [2.24, 2.45) is 0 Å². The Morgan fingerprint density at radius 2 is 1.82 bits per heavy atom. The highest BCUT2D eigenvalue weighted by atomic mass is 16.3. The summed E-state index contributed by atoms with van der Waals surface area (Å²) in [6, 6.07) is 17.1. The molecule has 1 heterocycles. The summed E-state index contributed by atoms with van der Waals surface area (Å²) in [4.78, 5) is 4.38. The molecule has 2 atom stereocenters. The van der Waals surface area contributed by atoms with Crippen LogP contribution in [0.5, 0.6) is 0 Å². The summed E-state index contributed by atoms with van der Waals surface area (Å²) in [6.07, 6.45) is 0.590. The van der Waals surface area contributed by atoms with Crippen molar-refractivity contribution < 1.29 is 5.11 Å². The van der Waals surface area contributed by atoms with Crippen LogP contribution < -0.4 is 9.80 Å². The van der Waals surface area contributed by atoms with Gasteiger partial charge in [-0.3, -0.25) is 0 Å². The molecule has 2 aromatic rings. The molecule has 3 rings (SSSR count). The van der Waals surface area contributed by atoms with Crippen LogP contribution in [0.2, 0.25) is 0 Å². The molecule has 3 heteroatoms. The first kappa shape index (κ1) is 14.9. The lowest BCUT2D eigenvalue weighted by atomic mass is 10.1.